The molecule has 24 atom stereocenters. The van der Waals surface area contributed by atoms with Crippen LogP contribution in [0, 0.1) is 35.5 Å². The lowest BCUT2D eigenvalue weighted by Gasteiger charge is -2.45. The molecule has 0 aliphatic carbocycles. The molecule has 24 unspecified atom stereocenters. The monoisotopic (exact) mass is 1480 g/mol. The van der Waals surface area contributed by atoms with Crippen molar-refractivity contribution in [3.63, 3.8) is 0 Å². The van der Waals surface area contributed by atoms with Gasteiger partial charge < -0.3 is 120 Å². The summed E-state index contributed by atoms with van der Waals surface area (Å²) in [6.45, 7) is 7.77. The predicted octanol–water partition coefficient (Wildman–Crippen LogP) is -4.04. The Kier molecular flexibility index (Phi) is 43.4. The second-order valence-corrected chi connectivity index (χ2v) is 27.3. The summed E-state index contributed by atoms with van der Waals surface area (Å²) in [6.07, 6.45) is -11.7. The van der Waals surface area contributed by atoms with Crippen molar-refractivity contribution in [3.05, 3.63) is 0 Å². The molecule has 4 aliphatic heterocycles. The van der Waals surface area contributed by atoms with Gasteiger partial charge in [0.05, 0.1) is 99.8 Å². The molecule has 0 aromatic rings. The number of ether oxygens (including phenoxy) is 8. The van der Waals surface area contributed by atoms with E-state index in [0.717, 1.165) is 0 Å². The van der Waals surface area contributed by atoms with Crippen LogP contribution in [0.2, 0.25) is 0 Å². The Morgan fingerprint density at radius 2 is 0.691 bits per heavy atom. The first-order valence-corrected chi connectivity index (χ1v) is 35.7. The van der Waals surface area contributed by atoms with Crippen LogP contribution < -0.4 is 10.6 Å². The van der Waals surface area contributed by atoms with Crippen LogP contribution in [0.15, 0.2) is 0 Å². The molecule has 34 nitrogen and oxygen atoms in total. The number of nitrogens with one attached hydrogen (secondary N) is 2. The molecular formula is C59H102N2O32S4. The molecule has 4 aliphatic rings. The first-order valence-electron chi connectivity index (χ1n) is 30.2. The fourth-order valence-corrected chi connectivity index (χ4v) is 13.3. The molecule has 97 heavy (non-hydrogen) atoms. The van der Waals surface area contributed by atoms with Crippen molar-refractivity contribution in [2.24, 2.45) is 35.5 Å². The van der Waals surface area contributed by atoms with Gasteiger partial charge in [0.2, 0.25) is 11.8 Å². The number of hydrogen-bond donors (Lipinski definition) is 16. The van der Waals surface area contributed by atoms with Gasteiger partial charge in [0.25, 0.3) is 25.9 Å². The van der Waals surface area contributed by atoms with E-state index in [4.69, 9.17) is 29.2 Å². The van der Waals surface area contributed by atoms with E-state index in [0.29, 0.717) is 23.0 Å². The van der Waals surface area contributed by atoms with E-state index < -0.39 is 172 Å². The van der Waals surface area contributed by atoms with Crippen molar-refractivity contribution in [3.8, 4) is 0 Å². The van der Waals surface area contributed by atoms with Gasteiger partial charge in [0, 0.05) is 98.0 Å². The number of rotatable bonds is 36. The Morgan fingerprint density at radius 3 is 0.918 bits per heavy atom. The minimum absolute atomic E-state index is 0. The van der Waals surface area contributed by atoms with E-state index in [9.17, 15) is 109 Å². The molecule has 0 saturated carbocycles. The minimum atomic E-state index is -2.49. The fourth-order valence-electron chi connectivity index (χ4n) is 10.6. The van der Waals surface area contributed by atoms with Crippen LogP contribution in [0.1, 0.15) is 100 Å². The number of carbonyl (C=O) groups excluding carboxylic acids is 10. The average Bonchev–Trinajstić information content (AvgIpc) is 0.806. The molecule has 0 bridgehead atoms. The molecule has 0 radical (unpaired) electrons. The highest BCUT2D eigenvalue weighted by molar-refractivity contribution is 7.99. The summed E-state index contributed by atoms with van der Waals surface area (Å²) in [5.74, 6) is -11.7. The minimum Gasteiger partial charge on any atom is -0.410 e. The van der Waals surface area contributed by atoms with Gasteiger partial charge in [-0.3, -0.25) is 47.9 Å². The molecule has 0 aromatic heterocycles. The van der Waals surface area contributed by atoms with Crippen molar-refractivity contribution in [1.82, 2.24) is 10.6 Å². The maximum Gasteiger partial charge on any atom is 0.329 e. The molecule has 4 saturated heterocycles. The Hall–Kier alpha value is -3.82. The second kappa shape index (κ2) is 45.2. The molecule has 2 amide bonds. The molecule has 16 N–H and O–H groups in total. The zero-order chi connectivity index (χ0) is 73.6. The van der Waals surface area contributed by atoms with Crippen molar-refractivity contribution >= 4 is 108 Å². The topological polar surface area (TPSA) is 552 Å². The number of carbonyl (C=O) groups is 10. The summed E-state index contributed by atoms with van der Waals surface area (Å²) in [5, 5.41) is 144. The van der Waals surface area contributed by atoms with Crippen LogP contribution >= 0.6 is 47.0 Å². The van der Waals surface area contributed by atoms with Crippen LogP contribution in [-0.4, -0.2) is 303 Å². The Labute approximate surface area is 579 Å². The average molecular weight is 1480 g/mol. The van der Waals surface area contributed by atoms with E-state index in [1.165, 1.54) is 60.9 Å². The molecule has 38 heteroatoms. The molecule has 0 aromatic carbocycles. The van der Waals surface area contributed by atoms with Crippen LogP contribution in [0.5, 0.6) is 0 Å². The Bertz CT molecular complexity index is 2270. The van der Waals surface area contributed by atoms with Crippen LogP contribution in [0.25, 0.3) is 0 Å². The molecule has 0 spiro atoms. The largest absolute Gasteiger partial charge is 0.410 e. The summed E-state index contributed by atoms with van der Waals surface area (Å²) < 4.78 is 38.8. The first-order chi connectivity index (χ1) is 44.8. The molecule has 4 heterocycles. The van der Waals surface area contributed by atoms with Gasteiger partial charge in [-0.1, -0.05) is 35.1 Å². The maximum atomic E-state index is 12.3. The number of amides is 2. The smallest absolute Gasteiger partial charge is 0.329 e. The van der Waals surface area contributed by atoms with Gasteiger partial charge in [0.15, 0.2) is 0 Å². The van der Waals surface area contributed by atoms with Crippen molar-refractivity contribution < 1.29 is 157 Å². The van der Waals surface area contributed by atoms with Gasteiger partial charge in [-0.2, -0.15) is 47.0 Å². The van der Waals surface area contributed by atoms with Crippen molar-refractivity contribution in [2.45, 2.75) is 210 Å². The zero-order valence-electron chi connectivity index (χ0n) is 55.0. The quantitative estimate of drug-likeness (QED) is 0.0161. The number of Topliss-reactive ketones (excluding diaryl/α,β-unsaturated/α-hetero) is 4. The highest BCUT2D eigenvalue weighted by atomic mass is 32.2. The summed E-state index contributed by atoms with van der Waals surface area (Å²) in [4.78, 5) is 114. The third kappa shape index (κ3) is 30.7. The summed E-state index contributed by atoms with van der Waals surface area (Å²) in [7, 11) is 0. The molecule has 4 fully saturated rings. The van der Waals surface area contributed by atoms with Gasteiger partial charge in [0.1, 0.15) is 47.5 Å². The Morgan fingerprint density at radius 1 is 0.454 bits per heavy atom. The lowest BCUT2D eigenvalue weighted by Crippen LogP contribution is -2.61. The SMILES string of the molecule is C.CSCC(C)C(=O)CC1C(O)CC(O)(OC=O)OC1C(O)C(O)CO.CSCC(C)C(=O)CC1C(O)CC(O)(OC=O)OC1C(O)C(O)CO.CSCC(C)C(=O)CC1OC(O)(OC=O)CC(O)C1NC(C)=O.CSCC(C)C(=O)CC1OC(O)(OC=O)CC(O)C1NC(C)=O. The van der Waals surface area contributed by atoms with E-state index >= 15 is 0 Å². The molecule has 4 rings (SSSR count). The lowest BCUT2D eigenvalue weighted by molar-refractivity contribution is -0.400. The predicted molar refractivity (Wildman–Crippen MR) is 346 cm³/mol. The maximum absolute atomic E-state index is 12.3. The second-order valence-electron chi connectivity index (χ2n) is 23.6. The third-order valence-electron chi connectivity index (χ3n) is 15.7. The van der Waals surface area contributed by atoms with Crippen molar-refractivity contribution in [1.29, 1.82) is 0 Å². The highest BCUT2D eigenvalue weighted by Crippen LogP contribution is 2.39. The third-order valence-corrected chi connectivity index (χ3v) is 19.0. The van der Waals surface area contributed by atoms with Gasteiger partial charge >= 0.3 is 23.9 Å². The summed E-state index contributed by atoms with van der Waals surface area (Å²) >= 11 is 6.01. The first kappa shape index (κ1) is 93.2. The van der Waals surface area contributed by atoms with Gasteiger partial charge in [-0.05, 0) is 25.0 Å². The zero-order valence-corrected chi connectivity index (χ0v) is 58.3. The summed E-state index contributed by atoms with van der Waals surface area (Å²) in [6, 6.07) is -1.76. The standard InChI is InChI=1S/2C15H26O9S.2C14H23NO7S.CH4/c2*1-8(6-25-2)10(18)3-9-11(19)4-15(22,23-7-17)24-14(9)13(21)12(20)5-16;2*1-8(6-23-3)10(18)4-12-13(15-9(2)17)11(19)5-14(20,22-12)21-7-16;/h2*7-9,11-14,16,19-22H,3-6H2,1-2H3;2*7-8,11-13,19-20H,4-6H2,1-3H3,(H,15,17);1H4. The van der Waals surface area contributed by atoms with Gasteiger partial charge in [-0.15, -0.1) is 0 Å². The highest BCUT2D eigenvalue weighted by Gasteiger charge is 2.55. The number of hydrogen-bond acceptors (Lipinski definition) is 36. The molecule has 564 valence electrons. The van der Waals surface area contributed by atoms with Crippen LogP contribution in [0.4, 0.5) is 0 Å². The van der Waals surface area contributed by atoms with E-state index in [1.54, 1.807) is 27.7 Å². The summed E-state index contributed by atoms with van der Waals surface area (Å²) in [5.41, 5.74) is 0. The number of thioether (sulfide) groups is 4. The van der Waals surface area contributed by atoms with E-state index in [2.05, 4.69) is 29.6 Å². The number of aliphatic hydroxyl groups is 14. The fraction of sp³-hybridized carbons (Fsp3) is 0.831. The normalized spacial score (nSPS) is 32.3. The lowest BCUT2D eigenvalue weighted by atomic mass is 9.80. The molecular weight excluding hydrogens is 1380 g/mol. The number of aliphatic hydroxyl groups excluding tert-OH is 10. The Balaban J connectivity index is 0.00000126. The van der Waals surface area contributed by atoms with E-state index in [1.807, 2.05) is 25.0 Å². The van der Waals surface area contributed by atoms with Crippen LogP contribution in [0.3, 0.4) is 0 Å². The van der Waals surface area contributed by atoms with Crippen LogP contribution in [-0.2, 0) is 85.8 Å². The number of ketones is 4. The van der Waals surface area contributed by atoms with E-state index in [-0.39, 0.29) is 106 Å². The van der Waals surface area contributed by atoms with Gasteiger partial charge in [-0.25, -0.2) is 0 Å². The van der Waals surface area contributed by atoms with Crippen molar-refractivity contribution in [2.75, 3.05) is 61.2 Å².